The molecule has 36 heavy (non-hydrogen) atoms. The molecule has 1 saturated heterocycles. The van der Waals surface area contributed by atoms with E-state index in [-0.39, 0.29) is 17.5 Å². The van der Waals surface area contributed by atoms with Gasteiger partial charge in [-0.25, -0.2) is 14.8 Å². The fraction of sp³-hybridized carbons (Fsp3) is 0.333. The number of carboxylic acid groups (broad SMARTS) is 1. The van der Waals surface area contributed by atoms with Crippen molar-refractivity contribution in [2.24, 2.45) is 5.41 Å². The summed E-state index contributed by atoms with van der Waals surface area (Å²) in [5, 5.41) is 14.3. The fourth-order valence-corrected chi connectivity index (χ4v) is 4.86. The summed E-state index contributed by atoms with van der Waals surface area (Å²) in [6.07, 6.45) is 7.75. The van der Waals surface area contributed by atoms with Gasteiger partial charge in [0.25, 0.3) is 0 Å². The molecule has 1 aliphatic rings. The maximum Gasteiger partial charge on any atom is 0.407 e. The number of piperidine rings is 1. The summed E-state index contributed by atoms with van der Waals surface area (Å²) in [6, 6.07) is 11.7. The summed E-state index contributed by atoms with van der Waals surface area (Å²) in [7, 11) is 0. The van der Waals surface area contributed by atoms with Crippen LogP contribution in [0.4, 0.5) is 10.6 Å². The van der Waals surface area contributed by atoms with Crippen LogP contribution in [0.25, 0.3) is 33.9 Å². The molecule has 4 aromatic rings. The minimum absolute atomic E-state index is 0.0879. The highest BCUT2D eigenvalue weighted by Crippen LogP contribution is 2.37. The van der Waals surface area contributed by atoms with Crippen LogP contribution in [0.1, 0.15) is 39.7 Å². The second-order valence-corrected chi connectivity index (χ2v) is 10.3. The number of pyridine rings is 1. The van der Waals surface area contributed by atoms with Gasteiger partial charge in [0.2, 0.25) is 5.89 Å². The first-order chi connectivity index (χ1) is 17.2. The van der Waals surface area contributed by atoms with Crippen LogP contribution in [0.2, 0.25) is 0 Å². The number of anilines is 1. The van der Waals surface area contributed by atoms with Gasteiger partial charge in [0.15, 0.2) is 5.76 Å². The Kier molecular flexibility index (Phi) is 5.99. The molecule has 1 amide bonds. The summed E-state index contributed by atoms with van der Waals surface area (Å²) in [4.78, 5) is 22.2. The third-order valence-electron chi connectivity index (χ3n) is 6.84. The van der Waals surface area contributed by atoms with E-state index in [4.69, 9.17) is 10.2 Å². The highest BCUT2D eigenvalue weighted by atomic mass is 16.4. The molecule has 1 fully saturated rings. The number of benzene rings is 1. The van der Waals surface area contributed by atoms with E-state index in [1.54, 1.807) is 23.5 Å². The molecule has 2 unspecified atom stereocenters. The minimum Gasteiger partial charge on any atom is -0.465 e. The van der Waals surface area contributed by atoms with Crippen molar-refractivity contribution >= 4 is 11.9 Å². The van der Waals surface area contributed by atoms with Gasteiger partial charge in [-0.15, -0.1) is 0 Å². The van der Waals surface area contributed by atoms with Crippen LogP contribution in [0.5, 0.6) is 0 Å². The van der Waals surface area contributed by atoms with Crippen LogP contribution < -0.4 is 5.73 Å². The van der Waals surface area contributed by atoms with Crippen molar-refractivity contribution < 1.29 is 14.3 Å². The number of amides is 1. The van der Waals surface area contributed by atoms with Crippen LogP contribution in [0.3, 0.4) is 0 Å². The minimum atomic E-state index is -0.864. The topological polar surface area (TPSA) is 123 Å². The molecule has 0 saturated carbocycles. The third kappa shape index (κ3) is 4.56. The first-order valence-corrected chi connectivity index (χ1v) is 12.0. The molecule has 2 atom stereocenters. The van der Waals surface area contributed by atoms with Crippen LogP contribution >= 0.6 is 0 Å². The molecule has 3 N–H and O–H groups in total. The molecule has 9 heteroatoms. The van der Waals surface area contributed by atoms with Gasteiger partial charge in [-0.05, 0) is 24.3 Å². The smallest absolute Gasteiger partial charge is 0.407 e. The van der Waals surface area contributed by atoms with Crippen molar-refractivity contribution in [3.63, 3.8) is 0 Å². The number of hydrogen-bond donors (Lipinski definition) is 2. The molecule has 1 aliphatic heterocycles. The highest BCUT2D eigenvalue weighted by molar-refractivity contribution is 5.75. The lowest BCUT2D eigenvalue weighted by atomic mass is 9.79. The summed E-state index contributed by atoms with van der Waals surface area (Å²) < 4.78 is 7.94. The lowest BCUT2D eigenvalue weighted by Crippen LogP contribution is -2.51. The second kappa shape index (κ2) is 9.14. The predicted molar refractivity (Wildman–Crippen MR) is 137 cm³/mol. The maximum atomic E-state index is 11.8. The molecule has 1 aromatic carbocycles. The van der Waals surface area contributed by atoms with E-state index in [9.17, 15) is 9.90 Å². The molecule has 3 aromatic heterocycles. The van der Waals surface area contributed by atoms with E-state index in [1.165, 1.54) is 0 Å². The standard InChI is InChI=1S/C27H30N6O3/c1-27(2,3)23-12-20(9-10-32(23)26(34)35)33-16-19(14-31-33)18-11-21(24(28)29-13-18)25-30-15-22(36-25)17-7-5-4-6-8-17/h4-8,11,13-16,20,23H,9-10,12H2,1-3H3,(H2,28,29)(H,34,35). The van der Waals surface area contributed by atoms with Crippen LogP contribution in [0, 0.1) is 5.41 Å². The molecule has 9 nitrogen and oxygen atoms in total. The van der Waals surface area contributed by atoms with E-state index in [2.05, 4.69) is 35.8 Å². The predicted octanol–water partition coefficient (Wildman–Crippen LogP) is 5.58. The van der Waals surface area contributed by atoms with Crippen molar-refractivity contribution in [2.75, 3.05) is 12.3 Å². The van der Waals surface area contributed by atoms with Gasteiger partial charge < -0.3 is 20.2 Å². The maximum absolute atomic E-state index is 11.8. The Morgan fingerprint density at radius 3 is 2.58 bits per heavy atom. The Morgan fingerprint density at radius 2 is 1.86 bits per heavy atom. The summed E-state index contributed by atoms with van der Waals surface area (Å²) in [5.41, 5.74) is 9.30. The van der Waals surface area contributed by atoms with Gasteiger partial charge >= 0.3 is 6.09 Å². The Hall–Kier alpha value is -4.14. The van der Waals surface area contributed by atoms with Crippen LogP contribution in [-0.2, 0) is 0 Å². The number of aromatic nitrogens is 4. The van der Waals surface area contributed by atoms with E-state index >= 15 is 0 Å². The van der Waals surface area contributed by atoms with Gasteiger partial charge in [0.1, 0.15) is 5.82 Å². The third-order valence-corrected chi connectivity index (χ3v) is 6.84. The Bertz CT molecular complexity index is 1370. The number of likely N-dealkylation sites (tertiary alicyclic amines) is 1. The Balaban J connectivity index is 1.40. The molecular weight excluding hydrogens is 456 g/mol. The molecule has 4 heterocycles. The van der Waals surface area contributed by atoms with Crippen molar-refractivity contribution in [3.05, 3.63) is 61.2 Å². The van der Waals surface area contributed by atoms with E-state index in [0.29, 0.717) is 42.4 Å². The second-order valence-electron chi connectivity index (χ2n) is 10.3. The average Bonchev–Trinajstić information content (AvgIpc) is 3.55. The first-order valence-electron chi connectivity index (χ1n) is 12.0. The number of carbonyl (C=O) groups is 1. The molecule has 0 radical (unpaired) electrons. The summed E-state index contributed by atoms with van der Waals surface area (Å²) >= 11 is 0. The molecule has 5 rings (SSSR count). The molecule has 0 aliphatic carbocycles. The first kappa shape index (κ1) is 23.6. The average molecular weight is 487 g/mol. The lowest BCUT2D eigenvalue weighted by molar-refractivity contribution is 0.0408. The lowest BCUT2D eigenvalue weighted by Gasteiger charge is -2.44. The van der Waals surface area contributed by atoms with Crippen LogP contribution in [-0.4, -0.2) is 48.4 Å². The Labute approximate surface area is 209 Å². The van der Waals surface area contributed by atoms with Gasteiger partial charge in [-0.3, -0.25) is 4.68 Å². The van der Waals surface area contributed by atoms with Crippen molar-refractivity contribution in [3.8, 4) is 33.9 Å². The number of nitrogens with two attached hydrogens (primary N) is 1. The SMILES string of the molecule is CC(C)(C)C1CC(n2cc(-c3cnc(N)c(-c4ncc(-c5ccccc5)o4)c3)cn2)CCN1C(=O)O. The van der Waals surface area contributed by atoms with E-state index in [1.807, 2.05) is 47.3 Å². The van der Waals surface area contributed by atoms with Gasteiger partial charge in [0, 0.05) is 41.7 Å². The summed E-state index contributed by atoms with van der Waals surface area (Å²) in [5.74, 6) is 1.40. The van der Waals surface area contributed by atoms with Gasteiger partial charge in [-0.1, -0.05) is 51.1 Å². The van der Waals surface area contributed by atoms with Crippen molar-refractivity contribution in [1.29, 1.82) is 0 Å². The number of nitrogen functional groups attached to an aromatic ring is 1. The van der Waals surface area contributed by atoms with E-state index in [0.717, 1.165) is 16.7 Å². The normalized spacial score (nSPS) is 18.4. The van der Waals surface area contributed by atoms with Crippen molar-refractivity contribution in [2.45, 2.75) is 45.7 Å². The van der Waals surface area contributed by atoms with E-state index < -0.39 is 6.09 Å². The van der Waals surface area contributed by atoms with Crippen molar-refractivity contribution in [1.82, 2.24) is 24.6 Å². The highest BCUT2D eigenvalue weighted by Gasteiger charge is 2.39. The summed E-state index contributed by atoms with van der Waals surface area (Å²) in [6.45, 7) is 6.73. The molecular formula is C27H30N6O3. The molecule has 186 valence electrons. The zero-order chi connectivity index (χ0) is 25.4. The Morgan fingerprint density at radius 1 is 1.08 bits per heavy atom. The number of hydrogen-bond acceptors (Lipinski definition) is 6. The molecule has 0 spiro atoms. The van der Waals surface area contributed by atoms with Gasteiger partial charge in [0.05, 0.1) is 24.0 Å². The number of oxazole rings is 1. The van der Waals surface area contributed by atoms with Gasteiger partial charge in [-0.2, -0.15) is 5.10 Å². The zero-order valence-electron chi connectivity index (χ0n) is 20.6. The quantitative estimate of drug-likeness (QED) is 0.386. The monoisotopic (exact) mass is 486 g/mol. The zero-order valence-corrected chi connectivity index (χ0v) is 20.6. The number of nitrogens with zero attached hydrogens (tertiary/aromatic N) is 5. The largest absolute Gasteiger partial charge is 0.465 e. The fourth-order valence-electron chi connectivity index (χ4n) is 4.86. The van der Waals surface area contributed by atoms with Crippen LogP contribution in [0.15, 0.2) is 65.6 Å². The number of rotatable bonds is 4. The molecule has 0 bridgehead atoms.